The Labute approximate surface area is 228 Å². The Hall–Kier alpha value is -4.05. The van der Waals surface area contributed by atoms with E-state index < -0.39 is 0 Å². The number of benzene rings is 2. The van der Waals surface area contributed by atoms with Crippen LogP contribution in [0.4, 0.5) is 0 Å². The van der Waals surface area contributed by atoms with Crippen molar-refractivity contribution in [1.29, 1.82) is 0 Å². The van der Waals surface area contributed by atoms with Crippen LogP contribution in [0.25, 0.3) is 6.08 Å². The molecular weight excluding hydrogens is 472 g/mol. The van der Waals surface area contributed by atoms with Crippen LogP contribution in [0.1, 0.15) is 54.7 Å². The minimum atomic E-state index is -0.157. The molecule has 200 valence electrons. The molecule has 0 saturated carbocycles. The molecule has 0 atom stereocenters. The fraction of sp³-hybridized carbons (Fsp3) is 0.265. The highest BCUT2D eigenvalue weighted by Gasteiger charge is 2.16. The minimum Gasteiger partial charge on any atom is -0.489 e. The summed E-state index contributed by atoms with van der Waals surface area (Å²) in [5.41, 5.74) is 5.75. The number of ketones is 1. The lowest BCUT2D eigenvalue weighted by Crippen LogP contribution is -2.06. The van der Waals surface area contributed by atoms with Gasteiger partial charge in [0.25, 0.3) is 0 Å². The van der Waals surface area contributed by atoms with Crippen molar-refractivity contribution in [1.82, 2.24) is 0 Å². The van der Waals surface area contributed by atoms with Crippen LogP contribution in [0, 0.1) is 0 Å². The number of rotatable bonds is 16. The molecule has 0 radical (unpaired) electrons. The second-order valence-electron chi connectivity index (χ2n) is 9.29. The zero-order chi connectivity index (χ0) is 27.9. The van der Waals surface area contributed by atoms with Gasteiger partial charge in [-0.05, 0) is 81.5 Å². The maximum atomic E-state index is 13.4. The van der Waals surface area contributed by atoms with Gasteiger partial charge in [-0.1, -0.05) is 73.4 Å². The summed E-state index contributed by atoms with van der Waals surface area (Å²) in [7, 11) is 0. The van der Waals surface area contributed by atoms with Crippen LogP contribution >= 0.6 is 0 Å². The molecule has 0 N–H and O–H groups in total. The summed E-state index contributed by atoms with van der Waals surface area (Å²) in [6.07, 6.45) is 14.1. The first-order valence-electron chi connectivity index (χ1n) is 12.8. The van der Waals surface area contributed by atoms with E-state index in [-0.39, 0.29) is 12.4 Å². The van der Waals surface area contributed by atoms with Crippen molar-refractivity contribution in [3.05, 3.63) is 120 Å². The molecule has 0 unspecified atom stereocenters. The molecule has 0 amide bonds. The van der Waals surface area contributed by atoms with E-state index in [2.05, 4.69) is 45.7 Å². The maximum Gasteiger partial charge on any atom is 0.189 e. The fourth-order valence-corrected chi connectivity index (χ4v) is 3.55. The largest absolute Gasteiger partial charge is 0.489 e. The molecule has 4 heteroatoms. The van der Waals surface area contributed by atoms with Gasteiger partial charge in [-0.2, -0.15) is 0 Å². The van der Waals surface area contributed by atoms with Crippen molar-refractivity contribution >= 4 is 11.9 Å². The van der Waals surface area contributed by atoms with Gasteiger partial charge < -0.3 is 14.2 Å². The van der Waals surface area contributed by atoms with E-state index in [1.807, 2.05) is 44.2 Å². The Bertz CT molecular complexity index is 1220. The molecule has 0 fully saturated rings. The van der Waals surface area contributed by atoms with E-state index in [0.717, 1.165) is 28.9 Å². The first-order valence-corrected chi connectivity index (χ1v) is 12.8. The SMILES string of the molecule is C=CCOc1ccc(/C=C/C(=O)c2cc(CC=C(C)C)c(OCC=C)cc2OCC=C)cc1CC=C(C)C. The molecule has 0 saturated heterocycles. The minimum absolute atomic E-state index is 0.157. The molecule has 0 aliphatic rings. The van der Waals surface area contributed by atoms with Gasteiger partial charge in [-0.3, -0.25) is 4.79 Å². The first-order chi connectivity index (χ1) is 18.3. The summed E-state index contributed by atoms with van der Waals surface area (Å²) >= 11 is 0. The van der Waals surface area contributed by atoms with Gasteiger partial charge in [0.05, 0.1) is 5.56 Å². The first kappa shape index (κ1) is 30.2. The Morgan fingerprint density at radius 3 is 1.79 bits per heavy atom. The van der Waals surface area contributed by atoms with Gasteiger partial charge >= 0.3 is 0 Å². The van der Waals surface area contributed by atoms with Gasteiger partial charge in [0, 0.05) is 6.07 Å². The lowest BCUT2D eigenvalue weighted by atomic mass is 10.0. The van der Waals surface area contributed by atoms with Crippen molar-refractivity contribution < 1.29 is 19.0 Å². The second-order valence-corrected chi connectivity index (χ2v) is 9.29. The highest BCUT2D eigenvalue weighted by Crippen LogP contribution is 2.32. The van der Waals surface area contributed by atoms with Crippen LogP contribution in [0.3, 0.4) is 0 Å². The fourth-order valence-electron chi connectivity index (χ4n) is 3.55. The summed E-state index contributed by atoms with van der Waals surface area (Å²) in [6.45, 7) is 20.5. The third kappa shape index (κ3) is 9.78. The molecule has 38 heavy (non-hydrogen) atoms. The van der Waals surface area contributed by atoms with Crippen molar-refractivity contribution in [2.45, 2.75) is 40.5 Å². The van der Waals surface area contributed by atoms with E-state index in [1.54, 1.807) is 30.4 Å². The molecule has 0 aliphatic heterocycles. The molecule has 0 aliphatic carbocycles. The number of carbonyl (C=O) groups excluding carboxylic acids is 1. The molecular formula is C34H40O4. The smallest absolute Gasteiger partial charge is 0.189 e. The Morgan fingerprint density at radius 2 is 1.24 bits per heavy atom. The predicted molar refractivity (Wildman–Crippen MR) is 160 cm³/mol. The van der Waals surface area contributed by atoms with Crippen molar-refractivity contribution in [3.63, 3.8) is 0 Å². The number of hydrogen-bond donors (Lipinski definition) is 0. The van der Waals surface area contributed by atoms with E-state index in [9.17, 15) is 4.79 Å². The van der Waals surface area contributed by atoms with Gasteiger partial charge in [0.15, 0.2) is 5.78 Å². The molecule has 0 aromatic heterocycles. The molecule has 2 aromatic carbocycles. The average molecular weight is 513 g/mol. The molecule has 0 spiro atoms. The maximum absolute atomic E-state index is 13.4. The van der Waals surface area contributed by atoms with Gasteiger partial charge in [0.2, 0.25) is 0 Å². The van der Waals surface area contributed by atoms with E-state index in [4.69, 9.17) is 14.2 Å². The van der Waals surface area contributed by atoms with Gasteiger partial charge in [-0.25, -0.2) is 0 Å². The number of carbonyl (C=O) groups is 1. The number of ether oxygens (including phenoxy) is 3. The van der Waals surface area contributed by atoms with Crippen LogP contribution in [0.2, 0.25) is 0 Å². The monoisotopic (exact) mass is 512 g/mol. The van der Waals surface area contributed by atoms with E-state index in [0.29, 0.717) is 36.7 Å². The number of allylic oxidation sites excluding steroid dienone is 5. The van der Waals surface area contributed by atoms with Crippen LogP contribution in [0.15, 0.2) is 97.7 Å². The average Bonchev–Trinajstić information content (AvgIpc) is 2.90. The standard InChI is InChI=1S/C34H40O4/c1-8-19-36-32-18-14-27(22-28(32)15-11-25(4)5)13-17-31(35)30-23-29(16-12-26(6)7)33(37-20-9-2)24-34(30)38-21-10-3/h8-14,17-18,22-24H,1-3,15-16,19-21H2,4-7H3/b17-13+. The van der Waals surface area contributed by atoms with E-state index in [1.165, 1.54) is 11.1 Å². The zero-order valence-electron chi connectivity index (χ0n) is 23.2. The quantitative estimate of drug-likeness (QED) is 0.129. The molecule has 0 bridgehead atoms. The highest BCUT2D eigenvalue weighted by molar-refractivity contribution is 6.09. The molecule has 4 nitrogen and oxygen atoms in total. The van der Waals surface area contributed by atoms with Crippen molar-refractivity contribution in [2.24, 2.45) is 0 Å². The molecule has 0 heterocycles. The molecule has 2 rings (SSSR count). The Balaban J connectivity index is 2.46. The lowest BCUT2D eigenvalue weighted by molar-refractivity contribution is 0.104. The van der Waals surface area contributed by atoms with Crippen molar-refractivity contribution in [3.8, 4) is 17.2 Å². The summed E-state index contributed by atoms with van der Waals surface area (Å²) in [4.78, 5) is 13.4. The Kier molecular flexibility index (Phi) is 12.7. The summed E-state index contributed by atoms with van der Waals surface area (Å²) < 4.78 is 17.6. The van der Waals surface area contributed by atoms with Gasteiger partial charge in [-0.15, -0.1) is 0 Å². The zero-order valence-corrected chi connectivity index (χ0v) is 23.2. The molecule has 2 aromatic rings. The summed E-state index contributed by atoms with van der Waals surface area (Å²) in [6, 6.07) is 9.56. The van der Waals surface area contributed by atoms with Crippen LogP contribution in [0.5, 0.6) is 17.2 Å². The normalized spacial score (nSPS) is 10.4. The topological polar surface area (TPSA) is 44.8 Å². The summed E-state index contributed by atoms with van der Waals surface area (Å²) in [5.74, 6) is 1.78. The van der Waals surface area contributed by atoms with E-state index >= 15 is 0 Å². The second kappa shape index (κ2) is 15.9. The van der Waals surface area contributed by atoms with Gasteiger partial charge in [0.1, 0.15) is 37.1 Å². The summed E-state index contributed by atoms with van der Waals surface area (Å²) in [5, 5.41) is 0. The third-order valence-corrected chi connectivity index (χ3v) is 5.47. The highest BCUT2D eigenvalue weighted by atomic mass is 16.5. The van der Waals surface area contributed by atoms with Crippen molar-refractivity contribution in [2.75, 3.05) is 19.8 Å². The Morgan fingerprint density at radius 1 is 0.711 bits per heavy atom. The lowest BCUT2D eigenvalue weighted by Gasteiger charge is -2.15. The number of hydrogen-bond acceptors (Lipinski definition) is 4. The third-order valence-electron chi connectivity index (χ3n) is 5.47. The van der Waals surface area contributed by atoms with Crippen LogP contribution < -0.4 is 14.2 Å². The van der Waals surface area contributed by atoms with Crippen LogP contribution in [-0.2, 0) is 12.8 Å². The predicted octanol–water partition coefficient (Wildman–Crippen LogP) is 8.29. The van der Waals surface area contributed by atoms with Crippen LogP contribution in [-0.4, -0.2) is 25.6 Å².